The summed E-state index contributed by atoms with van der Waals surface area (Å²) in [6, 6.07) is 21.6. The number of benzene rings is 2. The van der Waals surface area contributed by atoms with Gasteiger partial charge in [-0.3, -0.25) is 4.48 Å². The van der Waals surface area contributed by atoms with Gasteiger partial charge >= 0.3 is 0 Å². The molecule has 0 saturated heterocycles. The molecule has 2 rings (SSSR count). The average Bonchev–Trinajstić information content (AvgIpc) is 2.40. The Bertz CT molecular complexity index is 495. The van der Waals surface area contributed by atoms with Crippen molar-refractivity contribution in [3.8, 4) is 0 Å². The third-order valence-corrected chi connectivity index (χ3v) is 3.52. The fourth-order valence-corrected chi connectivity index (χ4v) is 2.84. The number of rotatable bonds is 5. The molecule has 0 spiro atoms. The Hall–Kier alpha value is -0.870. The van der Waals surface area contributed by atoms with Gasteiger partial charge in [-0.05, 0) is 12.1 Å². The van der Waals surface area contributed by atoms with Gasteiger partial charge in [0.15, 0.2) is 0 Å². The second-order valence-electron chi connectivity index (χ2n) is 5.95. The van der Waals surface area contributed by atoms with E-state index in [1.165, 1.54) is 11.3 Å². The molecule has 0 heterocycles. The van der Waals surface area contributed by atoms with Gasteiger partial charge in [0.05, 0.1) is 13.6 Å². The summed E-state index contributed by atoms with van der Waals surface area (Å²) in [6.45, 7) is 6.79. The molecule has 0 aliphatic carbocycles. The normalized spacial score (nSPS) is 13.6. The van der Waals surface area contributed by atoms with Crippen LogP contribution in [0.5, 0.6) is 0 Å². The molecule has 20 heavy (non-hydrogen) atoms. The first kappa shape index (κ1) is 17.2. The van der Waals surface area contributed by atoms with Gasteiger partial charge in [0.2, 0.25) is 0 Å². The lowest BCUT2D eigenvalue weighted by Gasteiger charge is -2.35. The van der Waals surface area contributed by atoms with Crippen LogP contribution in [0.25, 0.3) is 0 Å². The highest BCUT2D eigenvalue weighted by molar-refractivity contribution is 5.42. The number of hydrogen-bond donors (Lipinski definition) is 0. The van der Waals surface area contributed by atoms with E-state index in [4.69, 9.17) is 0 Å². The zero-order valence-corrected chi connectivity index (χ0v) is 14.7. The van der Waals surface area contributed by atoms with Crippen molar-refractivity contribution >= 4 is 5.69 Å². The van der Waals surface area contributed by atoms with E-state index in [-0.39, 0.29) is 24.0 Å². The molecule has 0 bridgehead atoms. The van der Waals surface area contributed by atoms with Crippen molar-refractivity contribution < 1.29 is 24.0 Å². The molecule has 0 fully saturated rings. The van der Waals surface area contributed by atoms with Crippen molar-refractivity contribution in [2.75, 3.05) is 13.6 Å². The van der Waals surface area contributed by atoms with E-state index in [9.17, 15) is 0 Å². The molecule has 0 aliphatic rings. The van der Waals surface area contributed by atoms with E-state index in [0.717, 1.165) is 17.6 Å². The van der Waals surface area contributed by atoms with Crippen LogP contribution >= 0.6 is 0 Å². The minimum Gasteiger partial charge on any atom is -1.00 e. The smallest absolute Gasteiger partial charge is 0.132 e. The monoisotopic (exact) mass is 381 g/mol. The molecule has 0 amide bonds. The maximum atomic E-state index is 2.34. The Kier molecular flexibility index (Phi) is 6.69. The SMILES string of the molecule is CC(C)C[N@+](C)(Cc1ccccc1)c1ccccc1.[I-]. The highest BCUT2D eigenvalue weighted by Crippen LogP contribution is 2.25. The molecule has 1 atom stereocenters. The third-order valence-electron chi connectivity index (χ3n) is 3.52. The van der Waals surface area contributed by atoms with Crippen molar-refractivity contribution in [2.45, 2.75) is 20.4 Å². The lowest BCUT2D eigenvalue weighted by atomic mass is 10.1. The number of quaternary nitrogens is 1. The molecule has 0 aromatic heterocycles. The number of nitrogens with zero attached hydrogens (tertiary/aromatic N) is 1. The largest absolute Gasteiger partial charge is 1.00 e. The van der Waals surface area contributed by atoms with E-state index in [2.05, 4.69) is 81.6 Å². The van der Waals surface area contributed by atoms with Crippen LogP contribution < -0.4 is 28.5 Å². The lowest BCUT2D eigenvalue weighted by Crippen LogP contribution is -3.00. The maximum absolute atomic E-state index is 2.34. The highest BCUT2D eigenvalue weighted by Gasteiger charge is 2.26. The van der Waals surface area contributed by atoms with Gasteiger partial charge in [0.25, 0.3) is 0 Å². The summed E-state index contributed by atoms with van der Waals surface area (Å²) >= 11 is 0. The van der Waals surface area contributed by atoms with Gasteiger partial charge in [-0.15, -0.1) is 0 Å². The van der Waals surface area contributed by atoms with Gasteiger partial charge < -0.3 is 24.0 Å². The quantitative estimate of drug-likeness (QED) is 0.544. The van der Waals surface area contributed by atoms with Crippen molar-refractivity contribution in [3.63, 3.8) is 0 Å². The first-order valence-electron chi connectivity index (χ1n) is 7.04. The van der Waals surface area contributed by atoms with E-state index in [0.29, 0.717) is 5.92 Å². The molecule has 0 N–H and O–H groups in total. The molecular formula is C18H24IN. The summed E-state index contributed by atoms with van der Waals surface area (Å²) in [6.07, 6.45) is 0. The topological polar surface area (TPSA) is 0 Å². The molecule has 108 valence electrons. The van der Waals surface area contributed by atoms with Gasteiger partial charge in [-0.1, -0.05) is 62.4 Å². The van der Waals surface area contributed by atoms with Crippen molar-refractivity contribution in [2.24, 2.45) is 5.92 Å². The standard InChI is InChI=1S/C18H24N.HI/c1-16(2)14-19(3,18-12-8-5-9-13-18)15-17-10-6-4-7-11-17;/h4-13,16H,14-15H2,1-3H3;1H/q+1;/p-1/t19-;/m1./s1. The van der Waals surface area contributed by atoms with Crippen LogP contribution in [0.3, 0.4) is 0 Å². The lowest BCUT2D eigenvalue weighted by molar-refractivity contribution is -0.00000438. The van der Waals surface area contributed by atoms with Crippen LogP contribution in [-0.2, 0) is 6.54 Å². The van der Waals surface area contributed by atoms with Crippen LogP contribution in [0.4, 0.5) is 5.69 Å². The predicted octanol–water partition coefficient (Wildman–Crippen LogP) is 1.48. The molecule has 2 aromatic carbocycles. The summed E-state index contributed by atoms with van der Waals surface area (Å²) < 4.78 is 0.961. The van der Waals surface area contributed by atoms with Crippen LogP contribution in [-0.4, -0.2) is 13.6 Å². The highest BCUT2D eigenvalue weighted by atomic mass is 127. The number of halogens is 1. The van der Waals surface area contributed by atoms with Crippen molar-refractivity contribution in [1.29, 1.82) is 0 Å². The molecule has 2 aromatic rings. The zero-order valence-electron chi connectivity index (χ0n) is 12.6. The van der Waals surface area contributed by atoms with Gasteiger partial charge in [-0.2, -0.15) is 0 Å². The first-order valence-corrected chi connectivity index (χ1v) is 7.04. The van der Waals surface area contributed by atoms with E-state index >= 15 is 0 Å². The summed E-state index contributed by atoms with van der Waals surface area (Å²) in [5.74, 6) is 0.675. The van der Waals surface area contributed by atoms with E-state index in [1.54, 1.807) is 0 Å². The summed E-state index contributed by atoms with van der Waals surface area (Å²) in [5, 5.41) is 0. The molecule has 0 unspecified atom stereocenters. The molecule has 1 nitrogen and oxygen atoms in total. The van der Waals surface area contributed by atoms with Crippen LogP contribution in [0, 0.1) is 5.92 Å². The molecule has 2 heteroatoms. The van der Waals surface area contributed by atoms with Crippen LogP contribution in [0.2, 0.25) is 0 Å². The van der Waals surface area contributed by atoms with Crippen molar-refractivity contribution in [1.82, 2.24) is 4.48 Å². The predicted molar refractivity (Wildman–Crippen MR) is 84.0 cm³/mol. The number of hydrogen-bond acceptors (Lipinski definition) is 0. The Morgan fingerprint density at radius 2 is 1.35 bits per heavy atom. The maximum Gasteiger partial charge on any atom is 0.132 e. The molecule has 0 aliphatic heterocycles. The minimum atomic E-state index is 0. The van der Waals surface area contributed by atoms with Crippen LogP contribution in [0.15, 0.2) is 60.7 Å². The third kappa shape index (κ3) is 4.60. The van der Waals surface area contributed by atoms with Gasteiger partial charge in [-0.25, -0.2) is 0 Å². The Labute approximate surface area is 140 Å². The fourth-order valence-electron chi connectivity index (χ4n) is 2.84. The average molecular weight is 381 g/mol. The molecule has 0 radical (unpaired) electrons. The first-order chi connectivity index (χ1) is 9.10. The van der Waals surface area contributed by atoms with Gasteiger partial charge in [0, 0.05) is 11.5 Å². The van der Waals surface area contributed by atoms with Crippen molar-refractivity contribution in [3.05, 3.63) is 66.2 Å². The second kappa shape index (κ2) is 7.79. The second-order valence-corrected chi connectivity index (χ2v) is 5.95. The van der Waals surface area contributed by atoms with E-state index in [1.807, 2.05) is 0 Å². The zero-order chi connectivity index (χ0) is 13.7. The summed E-state index contributed by atoms with van der Waals surface area (Å²) in [5.41, 5.74) is 2.79. The van der Waals surface area contributed by atoms with E-state index < -0.39 is 0 Å². The van der Waals surface area contributed by atoms with Crippen LogP contribution in [0.1, 0.15) is 19.4 Å². The number of para-hydroxylation sites is 1. The van der Waals surface area contributed by atoms with Gasteiger partial charge in [0.1, 0.15) is 12.2 Å². The Morgan fingerprint density at radius 3 is 1.85 bits per heavy atom. The fraction of sp³-hybridized carbons (Fsp3) is 0.333. The molecular weight excluding hydrogens is 357 g/mol. The summed E-state index contributed by atoms with van der Waals surface area (Å²) in [7, 11) is 2.34. The Balaban J connectivity index is 0.00000200. The summed E-state index contributed by atoms with van der Waals surface area (Å²) in [4.78, 5) is 0. The molecule has 0 saturated carbocycles. The minimum absolute atomic E-state index is 0. The Morgan fingerprint density at radius 1 is 0.850 bits per heavy atom.